The number of benzene rings is 2. The number of rotatable bonds is 12. The molecule has 2 atom stereocenters. The summed E-state index contributed by atoms with van der Waals surface area (Å²) >= 11 is 0. The molecule has 0 aromatic heterocycles. The first kappa shape index (κ1) is 31.7. The van der Waals surface area contributed by atoms with Gasteiger partial charge in [-0.05, 0) is 119 Å². The third-order valence-electron chi connectivity index (χ3n) is 8.52. The summed E-state index contributed by atoms with van der Waals surface area (Å²) in [7, 11) is 0. The molecule has 2 aliphatic rings. The van der Waals surface area contributed by atoms with E-state index in [2.05, 4.69) is 128 Å². The van der Waals surface area contributed by atoms with E-state index in [4.69, 9.17) is 9.47 Å². The largest absolute Gasteiger partial charge is 0.482 e. The second-order valence-electron chi connectivity index (χ2n) is 13.3. The third-order valence-corrected chi connectivity index (χ3v) is 8.52. The zero-order valence-electron chi connectivity index (χ0n) is 27.4. The fraction of sp³-hybridized carbons (Fsp3) is 0.450. The van der Waals surface area contributed by atoms with Gasteiger partial charge in [0.2, 0.25) is 0 Å². The van der Waals surface area contributed by atoms with Gasteiger partial charge < -0.3 is 9.47 Å². The molecule has 0 N–H and O–H groups in total. The van der Waals surface area contributed by atoms with Crippen LogP contribution in [0.5, 0.6) is 11.5 Å². The molecule has 0 fully saturated rings. The molecular formula is C40H52O2. The van der Waals surface area contributed by atoms with E-state index in [-0.39, 0.29) is 11.2 Å². The Morgan fingerprint density at radius 2 is 1.00 bits per heavy atom. The van der Waals surface area contributed by atoms with Gasteiger partial charge in [-0.2, -0.15) is 0 Å². The summed E-state index contributed by atoms with van der Waals surface area (Å²) in [6.07, 6.45) is 26.8. The maximum absolute atomic E-state index is 6.86. The van der Waals surface area contributed by atoms with Gasteiger partial charge in [0.05, 0.1) is 0 Å². The topological polar surface area (TPSA) is 18.5 Å². The van der Waals surface area contributed by atoms with E-state index in [0.29, 0.717) is 0 Å². The van der Waals surface area contributed by atoms with Crippen LogP contribution in [0.3, 0.4) is 0 Å². The summed E-state index contributed by atoms with van der Waals surface area (Å²) in [5.41, 5.74) is 7.26. The Morgan fingerprint density at radius 1 is 0.595 bits per heavy atom. The van der Waals surface area contributed by atoms with Gasteiger partial charge in [0, 0.05) is 21.9 Å². The minimum Gasteiger partial charge on any atom is -0.482 e. The van der Waals surface area contributed by atoms with E-state index in [9.17, 15) is 0 Å². The van der Waals surface area contributed by atoms with E-state index in [0.717, 1.165) is 84.8 Å². The highest BCUT2D eigenvalue weighted by Crippen LogP contribution is 2.49. The van der Waals surface area contributed by atoms with Gasteiger partial charge in [-0.3, -0.25) is 0 Å². The van der Waals surface area contributed by atoms with E-state index in [1.165, 1.54) is 22.3 Å². The first-order chi connectivity index (χ1) is 20.0. The molecule has 0 bridgehead atoms. The summed E-state index contributed by atoms with van der Waals surface area (Å²) in [5, 5.41) is 2.26. The van der Waals surface area contributed by atoms with E-state index in [1.807, 2.05) is 0 Å². The van der Waals surface area contributed by atoms with Crippen LogP contribution in [0, 0.1) is 0 Å². The van der Waals surface area contributed by atoms with Crippen LogP contribution in [0.15, 0.2) is 83.0 Å². The van der Waals surface area contributed by atoms with E-state index in [1.54, 1.807) is 0 Å². The highest BCUT2D eigenvalue weighted by Gasteiger charge is 2.34. The second kappa shape index (κ2) is 13.8. The van der Waals surface area contributed by atoms with Crippen molar-refractivity contribution in [3.8, 4) is 11.5 Å². The first-order valence-corrected chi connectivity index (χ1v) is 15.9. The van der Waals surface area contributed by atoms with E-state index >= 15 is 0 Å². The van der Waals surface area contributed by atoms with Crippen LogP contribution in [-0.2, 0) is 0 Å². The zero-order valence-corrected chi connectivity index (χ0v) is 27.4. The summed E-state index contributed by atoms with van der Waals surface area (Å²) in [4.78, 5) is 0. The predicted octanol–water partition coefficient (Wildman–Crippen LogP) is 12.1. The molecule has 0 saturated heterocycles. The quantitative estimate of drug-likeness (QED) is 0.239. The van der Waals surface area contributed by atoms with Gasteiger partial charge in [0.1, 0.15) is 22.7 Å². The average molecular weight is 565 g/mol. The Balaban J connectivity index is 1.51. The minimum absolute atomic E-state index is 0.343. The number of hydrogen-bond acceptors (Lipinski definition) is 2. The molecule has 0 spiro atoms. The number of fused-ring (bicyclic) bond motifs is 6. The van der Waals surface area contributed by atoms with E-state index < -0.39 is 0 Å². The maximum atomic E-state index is 6.86. The van der Waals surface area contributed by atoms with Crippen molar-refractivity contribution >= 4 is 22.9 Å². The lowest BCUT2D eigenvalue weighted by molar-refractivity contribution is 0.125. The number of allylic oxidation sites excluding steroid dienone is 8. The summed E-state index contributed by atoms with van der Waals surface area (Å²) in [6.45, 7) is 17.6. The van der Waals surface area contributed by atoms with Crippen molar-refractivity contribution in [2.45, 2.75) is 118 Å². The van der Waals surface area contributed by atoms with Gasteiger partial charge in [-0.1, -0.05) is 83.0 Å². The molecular weight excluding hydrogens is 512 g/mol. The van der Waals surface area contributed by atoms with Crippen molar-refractivity contribution in [2.24, 2.45) is 0 Å². The second-order valence-corrected chi connectivity index (χ2v) is 13.3. The molecule has 0 amide bonds. The molecule has 2 heterocycles. The van der Waals surface area contributed by atoms with Crippen LogP contribution < -0.4 is 9.47 Å². The Morgan fingerprint density at radius 3 is 1.38 bits per heavy atom. The highest BCUT2D eigenvalue weighted by molar-refractivity contribution is 6.01. The van der Waals surface area contributed by atoms with Crippen LogP contribution in [-0.4, -0.2) is 11.2 Å². The zero-order chi connectivity index (χ0) is 30.3. The number of ether oxygens (including phenoxy) is 2. The molecule has 224 valence electrons. The van der Waals surface area contributed by atoms with Gasteiger partial charge in [0.25, 0.3) is 0 Å². The summed E-state index contributed by atoms with van der Waals surface area (Å²) in [5.74, 6) is 1.95. The van der Waals surface area contributed by atoms with Gasteiger partial charge in [-0.15, -0.1) is 0 Å². The molecule has 2 nitrogen and oxygen atoms in total. The van der Waals surface area contributed by atoms with Gasteiger partial charge in [0.15, 0.2) is 0 Å². The first-order valence-electron chi connectivity index (χ1n) is 15.9. The minimum atomic E-state index is -0.343. The van der Waals surface area contributed by atoms with Crippen LogP contribution in [0.4, 0.5) is 0 Å². The molecule has 42 heavy (non-hydrogen) atoms. The summed E-state index contributed by atoms with van der Waals surface area (Å²) in [6, 6.07) is 8.57. The van der Waals surface area contributed by atoms with Crippen molar-refractivity contribution in [3.05, 3.63) is 94.1 Å². The Kier molecular flexibility index (Phi) is 10.4. The smallest absolute Gasteiger partial charge is 0.136 e. The lowest BCUT2D eigenvalue weighted by Crippen LogP contribution is -2.34. The van der Waals surface area contributed by atoms with Crippen LogP contribution in [0.25, 0.3) is 22.9 Å². The van der Waals surface area contributed by atoms with Gasteiger partial charge >= 0.3 is 0 Å². The van der Waals surface area contributed by atoms with Crippen molar-refractivity contribution < 1.29 is 9.47 Å². The van der Waals surface area contributed by atoms with Crippen LogP contribution in [0.2, 0.25) is 0 Å². The highest BCUT2D eigenvalue weighted by atomic mass is 16.5. The standard InChI is InChI=1S/C40H52O2/c1-29(2)15-11-17-31(5)19-13-25-39(7)27-23-35-36-24-28-40(8,26-14-20-32(6)18-12-16-30(3)4)42-38(36)34-22-10-9-21-33(34)37(35)41-39/h9-10,15-16,19-24,27-28H,11-14,17-18,25-26H2,1-8H3/b31-19+,32-20+. The van der Waals surface area contributed by atoms with Crippen molar-refractivity contribution in [1.29, 1.82) is 0 Å². The van der Waals surface area contributed by atoms with Crippen LogP contribution in [0.1, 0.15) is 118 Å². The molecule has 2 unspecified atom stereocenters. The Hall–Kier alpha value is -3.26. The molecule has 0 saturated carbocycles. The molecule has 2 aromatic rings. The monoisotopic (exact) mass is 564 g/mol. The Labute approximate surface area is 255 Å². The fourth-order valence-electron chi connectivity index (χ4n) is 5.88. The molecule has 2 heteroatoms. The molecule has 0 radical (unpaired) electrons. The Bertz CT molecular complexity index is 1340. The summed E-state index contributed by atoms with van der Waals surface area (Å²) < 4.78 is 13.7. The van der Waals surface area contributed by atoms with Crippen molar-refractivity contribution in [2.75, 3.05) is 0 Å². The normalized spacial score (nSPS) is 21.3. The molecule has 2 aliphatic heterocycles. The molecule has 4 rings (SSSR count). The van der Waals surface area contributed by atoms with Crippen molar-refractivity contribution in [1.82, 2.24) is 0 Å². The molecule has 2 aromatic carbocycles. The van der Waals surface area contributed by atoms with Gasteiger partial charge in [-0.25, -0.2) is 0 Å². The third kappa shape index (κ3) is 8.18. The van der Waals surface area contributed by atoms with Crippen LogP contribution >= 0.6 is 0 Å². The SMILES string of the molecule is CC(C)=CCC/C(C)=C/CCC1(C)C=Cc2c3c(c4ccccc4c2O1)OC(C)(CC/C=C(\C)CCC=C(C)C)C=C3. The molecule has 0 aliphatic carbocycles. The average Bonchev–Trinajstić information content (AvgIpc) is 2.92. The maximum Gasteiger partial charge on any atom is 0.136 e. The number of hydrogen-bond donors (Lipinski definition) is 0. The predicted molar refractivity (Wildman–Crippen MR) is 183 cm³/mol. The fourth-order valence-corrected chi connectivity index (χ4v) is 5.88. The lowest BCUT2D eigenvalue weighted by Gasteiger charge is -2.37. The lowest BCUT2D eigenvalue weighted by atomic mass is 9.87. The van der Waals surface area contributed by atoms with Crippen molar-refractivity contribution in [3.63, 3.8) is 0 Å².